The molecule has 1 aromatic rings. The van der Waals surface area contributed by atoms with Crippen LogP contribution in [0.3, 0.4) is 0 Å². The molecule has 1 saturated carbocycles. The van der Waals surface area contributed by atoms with Gasteiger partial charge >= 0.3 is 0 Å². The van der Waals surface area contributed by atoms with Crippen LogP contribution in [0.1, 0.15) is 24.8 Å². The van der Waals surface area contributed by atoms with E-state index in [-0.39, 0.29) is 11.9 Å². The molecule has 2 unspecified atom stereocenters. The van der Waals surface area contributed by atoms with Crippen molar-refractivity contribution in [1.82, 2.24) is 4.98 Å². The lowest BCUT2D eigenvalue weighted by Crippen LogP contribution is -2.49. The Hall–Kier alpha value is -1.33. The van der Waals surface area contributed by atoms with E-state index in [0.717, 1.165) is 25.2 Å². The smallest absolute Gasteiger partial charge is 0.148 e. The van der Waals surface area contributed by atoms with E-state index >= 15 is 0 Å². The number of hydrogen-bond acceptors (Lipinski definition) is 4. The Bertz CT molecular complexity index is 507. The van der Waals surface area contributed by atoms with Crippen molar-refractivity contribution in [2.45, 2.75) is 31.4 Å². The normalized spacial score (nSPS) is 26.3. The third-order valence-electron chi connectivity index (χ3n) is 3.92. The van der Waals surface area contributed by atoms with Crippen molar-refractivity contribution in [1.29, 1.82) is 5.41 Å². The molecule has 1 aromatic heterocycles. The summed E-state index contributed by atoms with van der Waals surface area (Å²) in [6.07, 6.45) is 5.33. The zero-order valence-electron chi connectivity index (χ0n) is 10.6. The number of nitrogens with one attached hydrogen (secondary N) is 1. The second-order valence-electron chi connectivity index (χ2n) is 5.01. The number of morpholine rings is 1. The Labute approximate surface area is 117 Å². The highest BCUT2D eigenvalue weighted by molar-refractivity contribution is 6.36. The monoisotopic (exact) mass is 280 g/mol. The van der Waals surface area contributed by atoms with Gasteiger partial charge in [-0.05, 0) is 25.3 Å². The first-order valence-electron chi connectivity index (χ1n) is 6.55. The van der Waals surface area contributed by atoms with Crippen LogP contribution in [0.2, 0.25) is 5.02 Å². The summed E-state index contributed by atoms with van der Waals surface area (Å²) >= 11 is 6.36. The van der Waals surface area contributed by atoms with Crippen LogP contribution in [0.5, 0.6) is 0 Å². The second-order valence-corrected chi connectivity index (χ2v) is 5.39. The summed E-state index contributed by atoms with van der Waals surface area (Å²) < 4.78 is 5.79. The number of pyridine rings is 1. The minimum absolute atomic E-state index is 0.0233. The van der Waals surface area contributed by atoms with Crippen molar-refractivity contribution >= 4 is 23.3 Å². The van der Waals surface area contributed by atoms with E-state index in [2.05, 4.69) is 9.88 Å². The first-order valence-corrected chi connectivity index (χ1v) is 6.93. The number of rotatable bonds is 2. The third-order valence-corrected chi connectivity index (χ3v) is 4.29. The van der Waals surface area contributed by atoms with E-state index in [1.165, 1.54) is 6.42 Å². The number of anilines is 1. The quantitative estimate of drug-likeness (QED) is 0.640. The molecule has 0 spiro atoms. The molecule has 2 fully saturated rings. The van der Waals surface area contributed by atoms with Crippen LogP contribution in [0.4, 0.5) is 5.82 Å². The number of nitrogen functional groups attached to an aromatic ring is 1. The Morgan fingerprint density at radius 2 is 2.37 bits per heavy atom. The number of hydrogen-bond donors (Lipinski definition) is 2. The van der Waals surface area contributed by atoms with Crippen molar-refractivity contribution in [3.8, 4) is 0 Å². The highest BCUT2D eigenvalue weighted by Crippen LogP contribution is 2.36. The molecule has 6 heteroatoms. The molecule has 2 aliphatic rings. The van der Waals surface area contributed by atoms with Gasteiger partial charge in [0.15, 0.2) is 0 Å². The van der Waals surface area contributed by atoms with E-state index in [1.807, 2.05) is 0 Å². The average molecular weight is 281 g/mol. The molecule has 1 saturated heterocycles. The van der Waals surface area contributed by atoms with Crippen LogP contribution in [-0.2, 0) is 4.74 Å². The Kier molecular flexibility index (Phi) is 3.33. The molecular weight excluding hydrogens is 264 g/mol. The van der Waals surface area contributed by atoms with Gasteiger partial charge in [-0.25, -0.2) is 4.98 Å². The first kappa shape index (κ1) is 12.7. The maximum atomic E-state index is 7.56. The van der Waals surface area contributed by atoms with E-state index in [4.69, 9.17) is 27.5 Å². The minimum atomic E-state index is -0.0233. The molecule has 1 aliphatic carbocycles. The molecular formula is C13H17ClN4O. The fraction of sp³-hybridized carbons (Fsp3) is 0.538. The van der Waals surface area contributed by atoms with Gasteiger partial charge < -0.3 is 15.4 Å². The topological polar surface area (TPSA) is 75.2 Å². The third kappa shape index (κ3) is 2.17. The molecule has 5 nitrogen and oxygen atoms in total. The van der Waals surface area contributed by atoms with Crippen LogP contribution in [0, 0.1) is 5.41 Å². The van der Waals surface area contributed by atoms with Gasteiger partial charge in [0.1, 0.15) is 11.7 Å². The summed E-state index contributed by atoms with van der Waals surface area (Å²) in [6.45, 7) is 1.48. The van der Waals surface area contributed by atoms with Crippen molar-refractivity contribution in [3.63, 3.8) is 0 Å². The number of halogens is 1. The summed E-state index contributed by atoms with van der Waals surface area (Å²) in [7, 11) is 0. The van der Waals surface area contributed by atoms with Gasteiger partial charge in [-0.2, -0.15) is 0 Å². The van der Waals surface area contributed by atoms with E-state index in [9.17, 15) is 0 Å². The minimum Gasteiger partial charge on any atom is -0.384 e. The predicted molar refractivity (Wildman–Crippen MR) is 75.0 cm³/mol. The van der Waals surface area contributed by atoms with Crippen LogP contribution in [0.15, 0.2) is 12.3 Å². The molecule has 0 bridgehead atoms. The van der Waals surface area contributed by atoms with Crippen LogP contribution >= 0.6 is 11.6 Å². The molecule has 0 amide bonds. The fourth-order valence-corrected chi connectivity index (χ4v) is 3.35. The highest BCUT2D eigenvalue weighted by Gasteiger charge is 2.37. The van der Waals surface area contributed by atoms with Crippen LogP contribution in [-0.4, -0.2) is 36.1 Å². The summed E-state index contributed by atoms with van der Waals surface area (Å²) in [5, 5.41) is 8.03. The zero-order valence-corrected chi connectivity index (χ0v) is 11.4. The molecule has 102 valence electrons. The summed E-state index contributed by atoms with van der Waals surface area (Å²) in [5.74, 6) is 0.708. The van der Waals surface area contributed by atoms with Crippen LogP contribution in [0.25, 0.3) is 0 Å². The summed E-state index contributed by atoms with van der Waals surface area (Å²) in [6, 6.07) is 2.03. The lowest BCUT2D eigenvalue weighted by Gasteiger charge is -2.39. The molecule has 3 rings (SSSR count). The SMILES string of the molecule is N=C(N)c1ccnc(N2CCOC3CCCC32)c1Cl. The standard InChI is InChI=1S/C13H17ClN4O/c14-11-8(12(15)16)4-5-17-13(11)18-6-7-19-10-3-1-2-9(10)18/h4-5,9-10H,1-3,6-7H2,(H3,15,16). The van der Waals surface area contributed by atoms with Crippen molar-refractivity contribution in [3.05, 3.63) is 22.8 Å². The maximum Gasteiger partial charge on any atom is 0.148 e. The number of nitrogens with zero attached hydrogens (tertiary/aromatic N) is 2. The van der Waals surface area contributed by atoms with Gasteiger partial charge in [0.2, 0.25) is 0 Å². The second kappa shape index (κ2) is 4.98. The summed E-state index contributed by atoms with van der Waals surface area (Å²) in [5.41, 5.74) is 6.10. The molecule has 2 heterocycles. The maximum absolute atomic E-state index is 7.56. The number of ether oxygens (including phenoxy) is 1. The molecule has 0 radical (unpaired) electrons. The van der Waals surface area contributed by atoms with Gasteiger partial charge in [-0.3, -0.25) is 5.41 Å². The van der Waals surface area contributed by atoms with Gasteiger partial charge in [-0.1, -0.05) is 11.6 Å². The van der Waals surface area contributed by atoms with Gasteiger partial charge in [0.05, 0.1) is 23.8 Å². The lowest BCUT2D eigenvalue weighted by atomic mass is 10.1. The largest absolute Gasteiger partial charge is 0.384 e. The van der Waals surface area contributed by atoms with E-state index in [1.54, 1.807) is 12.3 Å². The lowest BCUT2D eigenvalue weighted by molar-refractivity contribution is 0.0253. The van der Waals surface area contributed by atoms with Crippen molar-refractivity contribution in [2.24, 2.45) is 5.73 Å². The zero-order chi connectivity index (χ0) is 13.4. The van der Waals surface area contributed by atoms with Crippen molar-refractivity contribution < 1.29 is 4.74 Å². The first-order chi connectivity index (χ1) is 9.18. The van der Waals surface area contributed by atoms with Crippen LogP contribution < -0.4 is 10.6 Å². The molecule has 1 aliphatic heterocycles. The predicted octanol–water partition coefficient (Wildman–Crippen LogP) is 1.78. The highest BCUT2D eigenvalue weighted by atomic mass is 35.5. The average Bonchev–Trinajstić information content (AvgIpc) is 2.87. The molecule has 2 atom stereocenters. The Balaban J connectivity index is 1.97. The Morgan fingerprint density at radius 3 is 3.16 bits per heavy atom. The van der Waals surface area contributed by atoms with Crippen molar-refractivity contribution in [2.75, 3.05) is 18.1 Å². The molecule has 0 aromatic carbocycles. The van der Waals surface area contributed by atoms with E-state index < -0.39 is 0 Å². The fourth-order valence-electron chi connectivity index (χ4n) is 3.03. The van der Waals surface area contributed by atoms with Gasteiger partial charge in [-0.15, -0.1) is 0 Å². The van der Waals surface area contributed by atoms with E-state index in [0.29, 0.717) is 23.2 Å². The molecule has 19 heavy (non-hydrogen) atoms. The summed E-state index contributed by atoms with van der Waals surface area (Å²) in [4.78, 5) is 6.61. The number of nitrogens with two attached hydrogens (primary N) is 1. The number of amidine groups is 1. The molecule has 3 N–H and O–H groups in total. The number of aromatic nitrogens is 1. The van der Waals surface area contributed by atoms with Gasteiger partial charge in [0, 0.05) is 18.3 Å². The van der Waals surface area contributed by atoms with Gasteiger partial charge in [0.25, 0.3) is 0 Å². The Morgan fingerprint density at radius 1 is 1.53 bits per heavy atom. The number of fused-ring (bicyclic) bond motifs is 1.